The first-order valence-corrected chi connectivity index (χ1v) is 7.28. The van der Waals surface area contributed by atoms with Crippen molar-refractivity contribution in [3.63, 3.8) is 0 Å². The summed E-state index contributed by atoms with van der Waals surface area (Å²) in [6.07, 6.45) is 5.53. The van der Waals surface area contributed by atoms with E-state index in [-0.39, 0.29) is 5.97 Å². The van der Waals surface area contributed by atoms with Gasteiger partial charge < -0.3 is 9.47 Å². The first-order valence-electron chi connectivity index (χ1n) is 7.28. The molecule has 1 heterocycles. The number of carbonyl (C=O) groups is 1. The van der Waals surface area contributed by atoms with Gasteiger partial charge in [0.05, 0.1) is 19.8 Å². The standard InChI is InChI=1S/C14H25NO3/c1-2-18-14(16)11-12-5-3-4-6-13(12)15-7-9-17-10-8-15/h12-13H,2-11H2,1H3/t12-,13-/m1/s1. The zero-order valence-corrected chi connectivity index (χ0v) is 11.4. The van der Waals surface area contributed by atoms with Crippen LogP contribution in [0, 0.1) is 5.92 Å². The fourth-order valence-electron chi connectivity index (χ4n) is 3.25. The van der Waals surface area contributed by atoms with Crippen LogP contribution in [0.3, 0.4) is 0 Å². The number of hydrogen-bond donors (Lipinski definition) is 0. The summed E-state index contributed by atoms with van der Waals surface area (Å²) < 4.78 is 10.5. The van der Waals surface area contributed by atoms with Gasteiger partial charge in [-0.25, -0.2) is 0 Å². The molecule has 0 bridgehead atoms. The van der Waals surface area contributed by atoms with Crippen LogP contribution >= 0.6 is 0 Å². The molecule has 1 aliphatic carbocycles. The Balaban J connectivity index is 1.90. The quantitative estimate of drug-likeness (QED) is 0.718. The summed E-state index contributed by atoms with van der Waals surface area (Å²) in [7, 11) is 0. The molecular formula is C14H25NO3. The highest BCUT2D eigenvalue weighted by Gasteiger charge is 2.32. The molecule has 2 rings (SSSR count). The van der Waals surface area contributed by atoms with E-state index < -0.39 is 0 Å². The van der Waals surface area contributed by atoms with Crippen molar-refractivity contribution in [2.75, 3.05) is 32.9 Å². The van der Waals surface area contributed by atoms with E-state index in [1.165, 1.54) is 25.7 Å². The maximum atomic E-state index is 11.7. The normalized spacial score (nSPS) is 30.1. The highest BCUT2D eigenvalue weighted by molar-refractivity contribution is 5.69. The molecule has 2 aliphatic rings. The molecule has 0 amide bonds. The summed E-state index contributed by atoms with van der Waals surface area (Å²) in [5.74, 6) is 0.457. The van der Waals surface area contributed by atoms with Gasteiger partial charge in [0.1, 0.15) is 0 Å². The van der Waals surface area contributed by atoms with Crippen molar-refractivity contribution < 1.29 is 14.3 Å². The van der Waals surface area contributed by atoms with Crippen molar-refractivity contribution in [1.29, 1.82) is 0 Å². The molecule has 0 aromatic carbocycles. The van der Waals surface area contributed by atoms with E-state index in [2.05, 4.69) is 4.90 Å². The third-order valence-electron chi connectivity index (χ3n) is 4.12. The zero-order valence-electron chi connectivity index (χ0n) is 11.4. The van der Waals surface area contributed by atoms with Gasteiger partial charge in [-0.15, -0.1) is 0 Å². The minimum Gasteiger partial charge on any atom is -0.466 e. The lowest BCUT2D eigenvalue weighted by Crippen LogP contribution is -2.48. The molecule has 0 N–H and O–H groups in total. The maximum absolute atomic E-state index is 11.7. The smallest absolute Gasteiger partial charge is 0.306 e. The van der Waals surface area contributed by atoms with Gasteiger partial charge in [-0.1, -0.05) is 12.8 Å². The Morgan fingerprint density at radius 3 is 2.72 bits per heavy atom. The Bertz CT molecular complexity index is 264. The Labute approximate surface area is 110 Å². The summed E-state index contributed by atoms with van der Waals surface area (Å²) in [4.78, 5) is 14.2. The van der Waals surface area contributed by atoms with Gasteiger partial charge in [0.15, 0.2) is 0 Å². The highest BCUT2D eigenvalue weighted by atomic mass is 16.5. The average Bonchev–Trinajstić information content (AvgIpc) is 2.40. The molecule has 0 aromatic rings. The van der Waals surface area contributed by atoms with Gasteiger partial charge in [0.2, 0.25) is 0 Å². The molecule has 0 spiro atoms. The van der Waals surface area contributed by atoms with Crippen LogP contribution in [0.2, 0.25) is 0 Å². The van der Waals surface area contributed by atoms with Gasteiger partial charge in [0.25, 0.3) is 0 Å². The minimum absolute atomic E-state index is 0.0253. The number of carbonyl (C=O) groups excluding carboxylic acids is 1. The van der Waals surface area contributed by atoms with Crippen LogP contribution in [0.25, 0.3) is 0 Å². The van der Waals surface area contributed by atoms with E-state index in [4.69, 9.17) is 9.47 Å². The Hall–Kier alpha value is -0.610. The van der Waals surface area contributed by atoms with Crippen LogP contribution < -0.4 is 0 Å². The molecule has 4 nitrogen and oxygen atoms in total. The van der Waals surface area contributed by atoms with E-state index in [1.807, 2.05) is 6.92 Å². The Morgan fingerprint density at radius 1 is 1.28 bits per heavy atom. The largest absolute Gasteiger partial charge is 0.466 e. The molecule has 1 aliphatic heterocycles. The topological polar surface area (TPSA) is 38.8 Å². The number of hydrogen-bond acceptors (Lipinski definition) is 4. The maximum Gasteiger partial charge on any atom is 0.306 e. The molecule has 18 heavy (non-hydrogen) atoms. The minimum atomic E-state index is -0.0253. The number of morpholine rings is 1. The van der Waals surface area contributed by atoms with Crippen molar-refractivity contribution >= 4 is 5.97 Å². The van der Waals surface area contributed by atoms with Crippen LogP contribution in [0.4, 0.5) is 0 Å². The monoisotopic (exact) mass is 255 g/mol. The molecule has 0 aromatic heterocycles. The van der Waals surface area contributed by atoms with E-state index in [0.717, 1.165) is 26.3 Å². The number of esters is 1. The predicted molar refractivity (Wildman–Crippen MR) is 69.4 cm³/mol. The lowest BCUT2D eigenvalue weighted by atomic mass is 9.81. The molecule has 104 valence electrons. The van der Waals surface area contributed by atoms with Crippen LogP contribution in [0.15, 0.2) is 0 Å². The molecule has 1 saturated heterocycles. The summed E-state index contributed by atoms with van der Waals surface area (Å²) in [5.41, 5.74) is 0. The van der Waals surface area contributed by atoms with Crippen LogP contribution in [-0.4, -0.2) is 49.8 Å². The number of nitrogens with zero attached hydrogens (tertiary/aromatic N) is 1. The van der Waals surface area contributed by atoms with Crippen LogP contribution in [0.5, 0.6) is 0 Å². The van der Waals surface area contributed by atoms with E-state index in [0.29, 0.717) is 25.0 Å². The Morgan fingerprint density at radius 2 is 2.00 bits per heavy atom. The Kier molecular flexibility index (Phi) is 5.45. The third-order valence-corrected chi connectivity index (χ3v) is 4.12. The summed E-state index contributed by atoms with van der Waals surface area (Å²) in [6.45, 7) is 6.07. The summed E-state index contributed by atoms with van der Waals surface area (Å²) in [5, 5.41) is 0. The molecule has 2 atom stereocenters. The second-order valence-electron chi connectivity index (χ2n) is 5.27. The first kappa shape index (κ1) is 13.8. The summed E-state index contributed by atoms with van der Waals surface area (Å²) in [6, 6.07) is 0.562. The SMILES string of the molecule is CCOC(=O)C[C@H]1CCCC[C@H]1N1CCOCC1. The highest BCUT2D eigenvalue weighted by Crippen LogP contribution is 2.31. The molecule has 0 unspecified atom stereocenters. The fourth-order valence-corrected chi connectivity index (χ4v) is 3.25. The number of ether oxygens (including phenoxy) is 2. The van der Waals surface area contributed by atoms with Gasteiger partial charge >= 0.3 is 5.97 Å². The van der Waals surface area contributed by atoms with E-state index >= 15 is 0 Å². The first-order chi connectivity index (χ1) is 8.81. The lowest BCUT2D eigenvalue weighted by Gasteiger charge is -2.41. The van der Waals surface area contributed by atoms with Crippen molar-refractivity contribution in [3.8, 4) is 0 Å². The van der Waals surface area contributed by atoms with Crippen LogP contribution in [0.1, 0.15) is 39.0 Å². The van der Waals surface area contributed by atoms with E-state index in [1.54, 1.807) is 0 Å². The fraction of sp³-hybridized carbons (Fsp3) is 0.929. The van der Waals surface area contributed by atoms with Crippen molar-refractivity contribution in [2.45, 2.75) is 45.1 Å². The van der Waals surface area contributed by atoms with Gasteiger partial charge in [-0.2, -0.15) is 0 Å². The molecule has 4 heteroatoms. The van der Waals surface area contributed by atoms with E-state index in [9.17, 15) is 4.79 Å². The second kappa shape index (κ2) is 7.10. The lowest BCUT2D eigenvalue weighted by molar-refractivity contribution is -0.145. The number of rotatable bonds is 4. The third kappa shape index (κ3) is 3.69. The van der Waals surface area contributed by atoms with Crippen LogP contribution in [-0.2, 0) is 14.3 Å². The zero-order chi connectivity index (χ0) is 12.8. The molecule has 2 fully saturated rings. The van der Waals surface area contributed by atoms with Crippen molar-refractivity contribution in [2.24, 2.45) is 5.92 Å². The molecule has 0 radical (unpaired) electrons. The van der Waals surface area contributed by atoms with Gasteiger partial charge in [0, 0.05) is 25.6 Å². The van der Waals surface area contributed by atoms with Gasteiger partial charge in [-0.05, 0) is 25.7 Å². The molecule has 1 saturated carbocycles. The van der Waals surface area contributed by atoms with Crippen molar-refractivity contribution in [3.05, 3.63) is 0 Å². The second-order valence-corrected chi connectivity index (χ2v) is 5.27. The summed E-state index contributed by atoms with van der Waals surface area (Å²) >= 11 is 0. The molecular weight excluding hydrogens is 230 g/mol. The van der Waals surface area contributed by atoms with Crippen molar-refractivity contribution in [1.82, 2.24) is 4.90 Å². The predicted octanol–water partition coefficient (Wildman–Crippen LogP) is 1.83. The average molecular weight is 255 g/mol. The van der Waals surface area contributed by atoms with Gasteiger partial charge in [-0.3, -0.25) is 9.69 Å².